The van der Waals surface area contributed by atoms with E-state index in [9.17, 15) is 26.4 Å². The largest absolute Gasteiger partial charge is 0.417 e. The van der Waals surface area contributed by atoms with Crippen LogP contribution >= 0.6 is 11.6 Å². The van der Waals surface area contributed by atoms with E-state index in [1.165, 1.54) is 18.2 Å². The first-order valence-corrected chi connectivity index (χ1v) is 9.25. The number of rotatable bonds is 4. The van der Waals surface area contributed by atoms with Crippen molar-refractivity contribution in [1.29, 1.82) is 0 Å². The lowest BCUT2D eigenvalue weighted by Crippen LogP contribution is -2.38. The van der Waals surface area contributed by atoms with Crippen molar-refractivity contribution in [3.8, 4) is 12.3 Å². The number of amides is 1. The van der Waals surface area contributed by atoms with Crippen molar-refractivity contribution in [2.24, 2.45) is 0 Å². The van der Waals surface area contributed by atoms with Gasteiger partial charge in [-0.25, -0.2) is 12.7 Å². The fourth-order valence-electron chi connectivity index (χ4n) is 2.26. The molecular formula is C18H13ClF3NO3S. The van der Waals surface area contributed by atoms with Gasteiger partial charge in [-0.05, 0) is 36.8 Å². The zero-order chi connectivity index (χ0) is 20.4. The van der Waals surface area contributed by atoms with Gasteiger partial charge in [-0.15, -0.1) is 6.42 Å². The predicted octanol–water partition coefficient (Wildman–Crippen LogP) is 4.13. The van der Waals surface area contributed by atoms with Crippen molar-refractivity contribution in [3.05, 3.63) is 64.2 Å². The highest BCUT2D eigenvalue weighted by Crippen LogP contribution is 2.33. The second-order valence-corrected chi connectivity index (χ2v) is 7.74. The van der Waals surface area contributed by atoms with E-state index < -0.39 is 39.8 Å². The zero-order valence-electron chi connectivity index (χ0n) is 13.9. The van der Waals surface area contributed by atoms with Gasteiger partial charge in [-0.1, -0.05) is 35.7 Å². The summed E-state index contributed by atoms with van der Waals surface area (Å²) in [5.74, 6) is 0.613. The summed E-state index contributed by atoms with van der Waals surface area (Å²) in [6.45, 7) is 0.904. The van der Waals surface area contributed by atoms with Gasteiger partial charge in [0.1, 0.15) is 0 Å². The Morgan fingerprint density at radius 1 is 1.22 bits per heavy atom. The molecule has 0 saturated carbocycles. The molecule has 27 heavy (non-hydrogen) atoms. The van der Waals surface area contributed by atoms with E-state index >= 15 is 0 Å². The minimum atomic E-state index is -4.84. The second-order valence-electron chi connectivity index (χ2n) is 5.48. The second kappa shape index (κ2) is 7.62. The molecule has 4 nitrogen and oxygen atoms in total. The molecule has 9 heteroatoms. The van der Waals surface area contributed by atoms with Crippen LogP contribution in [-0.2, 0) is 16.2 Å². The maximum Gasteiger partial charge on any atom is 0.417 e. The first-order valence-electron chi connectivity index (χ1n) is 7.43. The predicted molar refractivity (Wildman–Crippen MR) is 94.7 cm³/mol. The summed E-state index contributed by atoms with van der Waals surface area (Å²) in [5.41, 5.74) is -1.48. The van der Waals surface area contributed by atoms with Gasteiger partial charge < -0.3 is 0 Å². The van der Waals surface area contributed by atoms with Crippen molar-refractivity contribution in [2.75, 3.05) is 6.54 Å². The van der Waals surface area contributed by atoms with Crippen molar-refractivity contribution in [2.45, 2.75) is 18.0 Å². The molecule has 0 heterocycles. The molecule has 2 aromatic carbocycles. The third kappa shape index (κ3) is 4.26. The van der Waals surface area contributed by atoms with Crippen LogP contribution in [-0.4, -0.2) is 25.2 Å². The molecule has 1 amide bonds. The monoisotopic (exact) mass is 415 g/mol. The molecule has 2 aromatic rings. The van der Waals surface area contributed by atoms with E-state index in [4.69, 9.17) is 18.0 Å². The SMILES string of the molecule is C#CCN(C(=O)c1ccccc1C(F)(F)F)S(=O)(=O)c1ccc(C)c(Cl)c1. The molecule has 0 atom stereocenters. The lowest BCUT2D eigenvalue weighted by molar-refractivity contribution is -0.138. The van der Waals surface area contributed by atoms with E-state index in [1.54, 1.807) is 6.92 Å². The van der Waals surface area contributed by atoms with Gasteiger partial charge >= 0.3 is 6.18 Å². The quantitative estimate of drug-likeness (QED) is 0.705. The Morgan fingerprint density at radius 3 is 2.41 bits per heavy atom. The molecule has 142 valence electrons. The summed E-state index contributed by atoms with van der Waals surface area (Å²) < 4.78 is 65.5. The smallest absolute Gasteiger partial charge is 0.268 e. The first kappa shape index (κ1) is 20.8. The zero-order valence-corrected chi connectivity index (χ0v) is 15.5. The molecule has 0 spiro atoms. The van der Waals surface area contributed by atoms with Crippen LogP contribution in [0.25, 0.3) is 0 Å². The van der Waals surface area contributed by atoms with E-state index in [1.807, 2.05) is 5.92 Å². The summed E-state index contributed by atoms with van der Waals surface area (Å²) in [6, 6.07) is 7.60. The molecule has 0 aliphatic carbocycles. The Hall–Kier alpha value is -2.50. The van der Waals surface area contributed by atoms with Gasteiger partial charge in [0, 0.05) is 5.02 Å². The van der Waals surface area contributed by atoms with Gasteiger partial charge in [-0.3, -0.25) is 4.79 Å². The Kier molecular flexibility index (Phi) is 5.88. The van der Waals surface area contributed by atoms with E-state index in [2.05, 4.69) is 0 Å². The third-order valence-electron chi connectivity index (χ3n) is 3.66. The number of carbonyl (C=O) groups excluding carboxylic acids is 1. The number of carbonyl (C=O) groups is 1. The molecule has 0 aliphatic rings. The molecule has 0 aromatic heterocycles. The Morgan fingerprint density at radius 2 is 1.85 bits per heavy atom. The van der Waals surface area contributed by atoms with Crippen LogP contribution in [0.15, 0.2) is 47.4 Å². The molecule has 2 rings (SSSR count). The van der Waals surface area contributed by atoms with Gasteiger partial charge in [0.25, 0.3) is 15.9 Å². The number of aryl methyl sites for hydroxylation is 1. The molecule has 0 unspecified atom stereocenters. The van der Waals surface area contributed by atoms with Crippen molar-refractivity contribution in [3.63, 3.8) is 0 Å². The normalized spacial score (nSPS) is 11.7. The van der Waals surface area contributed by atoms with Crippen molar-refractivity contribution in [1.82, 2.24) is 4.31 Å². The van der Waals surface area contributed by atoms with Crippen LogP contribution in [0, 0.1) is 19.3 Å². The van der Waals surface area contributed by atoms with Crippen LogP contribution in [0.3, 0.4) is 0 Å². The number of alkyl halides is 3. The fraction of sp³-hybridized carbons (Fsp3) is 0.167. The van der Waals surface area contributed by atoms with Crippen LogP contribution in [0.1, 0.15) is 21.5 Å². The standard InChI is InChI=1S/C18H13ClF3NO3S/c1-3-10-23(27(25,26)13-9-8-12(2)16(19)11-13)17(24)14-6-4-5-7-15(14)18(20,21)22/h1,4-9,11H,10H2,2H3. The Balaban J connectivity index is 2.60. The number of hydrogen-bond acceptors (Lipinski definition) is 3. The number of hydrogen-bond donors (Lipinski definition) is 0. The van der Waals surface area contributed by atoms with Crippen molar-refractivity contribution < 1.29 is 26.4 Å². The van der Waals surface area contributed by atoms with Gasteiger partial charge in [0.15, 0.2) is 0 Å². The minimum absolute atomic E-state index is 0.125. The average molecular weight is 416 g/mol. The van der Waals surface area contributed by atoms with Crippen LogP contribution < -0.4 is 0 Å². The molecule has 0 aliphatic heterocycles. The molecule has 0 saturated heterocycles. The maximum atomic E-state index is 13.2. The highest BCUT2D eigenvalue weighted by atomic mass is 35.5. The first-order chi connectivity index (χ1) is 12.5. The third-order valence-corrected chi connectivity index (χ3v) is 5.79. The molecular weight excluding hydrogens is 403 g/mol. The summed E-state index contributed by atoms with van der Waals surface area (Å²) in [4.78, 5) is 12.3. The van der Waals surface area contributed by atoms with Crippen LogP contribution in [0.4, 0.5) is 13.2 Å². The van der Waals surface area contributed by atoms with Crippen LogP contribution in [0.2, 0.25) is 5.02 Å². The average Bonchev–Trinajstić information content (AvgIpc) is 2.60. The highest BCUT2D eigenvalue weighted by Gasteiger charge is 2.38. The number of terminal acetylenes is 1. The molecule has 0 N–H and O–H groups in total. The fourth-order valence-corrected chi connectivity index (χ4v) is 3.83. The summed E-state index contributed by atoms with van der Waals surface area (Å²) >= 11 is 5.93. The number of nitrogens with zero attached hydrogens (tertiary/aromatic N) is 1. The topological polar surface area (TPSA) is 54.5 Å². The number of benzene rings is 2. The van der Waals surface area contributed by atoms with Gasteiger partial charge in [0.05, 0.1) is 22.6 Å². The maximum absolute atomic E-state index is 13.2. The van der Waals surface area contributed by atoms with Crippen molar-refractivity contribution >= 4 is 27.5 Å². The van der Waals surface area contributed by atoms with E-state index in [0.29, 0.717) is 11.6 Å². The minimum Gasteiger partial charge on any atom is -0.268 e. The van der Waals surface area contributed by atoms with Gasteiger partial charge in [-0.2, -0.15) is 13.2 Å². The summed E-state index contributed by atoms with van der Waals surface area (Å²) in [7, 11) is -4.52. The number of halogens is 4. The van der Waals surface area contributed by atoms with E-state index in [0.717, 1.165) is 18.2 Å². The molecule has 0 bridgehead atoms. The summed E-state index contributed by atoms with van der Waals surface area (Å²) in [5, 5.41) is 0.125. The lowest BCUT2D eigenvalue weighted by Gasteiger charge is -2.22. The Bertz CT molecular complexity index is 1030. The number of sulfonamides is 1. The highest BCUT2D eigenvalue weighted by molar-refractivity contribution is 7.89. The van der Waals surface area contributed by atoms with Gasteiger partial charge in [0.2, 0.25) is 0 Å². The lowest BCUT2D eigenvalue weighted by atomic mass is 10.1. The molecule has 0 fully saturated rings. The summed E-state index contributed by atoms with van der Waals surface area (Å²) in [6.07, 6.45) is 0.299. The Labute approximate surface area is 159 Å². The molecule has 0 radical (unpaired) electrons. The van der Waals surface area contributed by atoms with Crippen LogP contribution in [0.5, 0.6) is 0 Å². The van der Waals surface area contributed by atoms with E-state index in [-0.39, 0.29) is 14.2 Å².